The van der Waals surface area contributed by atoms with E-state index in [1.165, 1.54) is 0 Å². The third kappa shape index (κ3) is 4.63. The zero-order chi connectivity index (χ0) is 15.3. The molecule has 0 radical (unpaired) electrons. The number of nitrogens with one attached hydrogen (secondary N) is 2. The van der Waals surface area contributed by atoms with Gasteiger partial charge >= 0.3 is 0 Å². The number of nitrogens with zero attached hydrogens (tertiary/aromatic N) is 2. The Morgan fingerprint density at radius 1 is 1.15 bits per heavy atom. The summed E-state index contributed by atoms with van der Waals surface area (Å²) in [6.07, 6.45) is 0.638. The molecule has 1 heterocycles. The smallest absolute Gasteiger partial charge is 0.138 e. The third-order valence-electron chi connectivity index (χ3n) is 2.92. The first-order valence-corrected chi connectivity index (χ1v) is 7.30. The fourth-order valence-corrected chi connectivity index (χ4v) is 1.68. The lowest BCUT2D eigenvalue weighted by Gasteiger charge is -2.21. The van der Waals surface area contributed by atoms with E-state index < -0.39 is 6.10 Å². The molecular weight excluding hydrogens is 252 g/mol. The highest BCUT2D eigenvalue weighted by Crippen LogP contribution is 2.26. The summed E-state index contributed by atoms with van der Waals surface area (Å²) in [5.41, 5.74) is 0.879. The van der Waals surface area contributed by atoms with Gasteiger partial charge in [0.1, 0.15) is 17.5 Å². The van der Waals surface area contributed by atoms with Gasteiger partial charge in [-0.1, -0.05) is 27.7 Å². The highest BCUT2D eigenvalue weighted by molar-refractivity contribution is 5.57. The van der Waals surface area contributed by atoms with E-state index in [0.717, 1.165) is 36.0 Å². The maximum atomic E-state index is 9.42. The summed E-state index contributed by atoms with van der Waals surface area (Å²) < 4.78 is 0. The lowest BCUT2D eigenvalue weighted by atomic mass is 9.95. The summed E-state index contributed by atoms with van der Waals surface area (Å²) in [4.78, 5) is 9.26. The number of aliphatic hydroxyl groups is 1. The molecule has 5 heteroatoms. The molecule has 1 unspecified atom stereocenters. The minimum atomic E-state index is -0.408. The molecule has 0 fully saturated rings. The lowest BCUT2D eigenvalue weighted by molar-refractivity contribution is 0.208. The van der Waals surface area contributed by atoms with Crippen LogP contribution in [0, 0.1) is 6.92 Å². The van der Waals surface area contributed by atoms with E-state index in [0.29, 0.717) is 6.54 Å². The van der Waals surface area contributed by atoms with Crippen LogP contribution in [0.15, 0.2) is 0 Å². The first kappa shape index (κ1) is 16.7. The Kier molecular flexibility index (Phi) is 5.74. The van der Waals surface area contributed by atoms with Gasteiger partial charge in [-0.2, -0.15) is 0 Å². The van der Waals surface area contributed by atoms with E-state index >= 15 is 0 Å². The molecule has 114 valence electrons. The topological polar surface area (TPSA) is 70.1 Å². The van der Waals surface area contributed by atoms with Crippen molar-refractivity contribution in [3.8, 4) is 0 Å². The zero-order valence-electron chi connectivity index (χ0n) is 13.5. The van der Waals surface area contributed by atoms with Crippen molar-refractivity contribution in [2.45, 2.75) is 59.5 Å². The maximum Gasteiger partial charge on any atom is 0.138 e. The average Bonchev–Trinajstić information content (AvgIpc) is 2.34. The van der Waals surface area contributed by atoms with E-state index in [4.69, 9.17) is 0 Å². The molecule has 1 atom stereocenters. The van der Waals surface area contributed by atoms with Crippen LogP contribution in [0.25, 0.3) is 0 Å². The molecule has 5 nitrogen and oxygen atoms in total. The predicted molar refractivity (Wildman–Crippen MR) is 84.4 cm³/mol. The highest BCUT2D eigenvalue weighted by atomic mass is 16.3. The molecule has 0 aliphatic rings. The zero-order valence-corrected chi connectivity index (χ0v) is 13.5. The predicted octanol–water partition coefficient (Wildman–Crippen LogP) is 2.70. The van der Waals surface area contributed by atoms with E-state index in [9.17, 15) is 5.11 Å². The van der Waals surface area contributed by atoms with Crippen molar-refractivity contribution in [2.75, 3.05) is 23.7 Å². The molecule has 1 aromatic heterocycles. The second-order valence-corrected chi connectivity index (χ2v) is 6.28. The van der Waals surface area contributed by atoms with Gasteiger partial charge in [0.25, 0.3) is 0 Å². The Balaban J connectivity index is 3.13. The van der Waals surface area contributed by atoms with Gasteiger partial charge < -0.3 is 15.7 Å². The Morgan fingerprint density at radius 3 is 2.15 bits per heavy atom. The van der Waals surface area contributed by atoms with Crippen LogP contribution in [0.3, 0.4) is 0 Å². The fraction of sp³-hybridized carbons (Fsp3) is 0.733. The molecule has 0 saturated carbocycles. The Bertz CT molecular complexity index is 438. The van der Waals surface area contributed by atoms with Crippen LogP contribution in [0.5, 0.6) is 0 Å². The molecule has 0 amide bonds. The van der Waals surface area contributed by atoms with Gasteiger partial charge in [-0.25, -0.2) is 9.97 Å². The Labute approximate surface area is 122 Å². The van der Waals surface area contributed by atoms with Gasteiger partial charge in [-0.05, 0) is 20.3 Å². The van der Waals surface area contributed by atoms with Crippen LogP contribution in [0.1, 0.15) is 52.4 Å². The van der Waals surface area contributed by atoms with Crippen LogP contribution in [-0.2, 0) is 5.41 Å². The van der Waals surface area contributed by atoms with Crippen LogP contribution in [-0.4, -0.2) is 34.3 Å². The van der Waals surface area contributed by atoms with Crippen LogP contribution in [0.4, 0.5) is 11.6 Å². The number of aliphatic hydroxyl groups excluding tert-OH is 1. The van der Waals surface area contributed by atoms with Crippen molar-refractivity contribution >= 4 is 11.6 Å². The second kappa shape index (κ2) is 6.88. The molecule has 0 aromatic carbocycles. The largest absolute Gasteiger partial charge is 0.392 e. The fourth-order valence-electron chi connectivity index (χ4n) is 1.68. The molecule has 20 heavy (non-hydrogen) atoms. The summed E-state index contributed by atoms with van der Waals surface area (Å²) in [7, 11) is 0. The van der Waals surface area contributed by atoms with Gasteiger partial charge in [-0.3, -0.25) is 0 Å². The molecule has 0 aliphatic carbocycles. The van der Waals surface area contributed by atoms with Crippen LogP contribution >= 0.6 is 0 Å². The molecule has 0 bridgehead atoms. The minimum Gasteiger partial charge on any atom is -0.392 e. The number of hydrogen-bond donors (Lipinski definition) is 3. The molecule has 1 aromatic rings. The number of aromatic nitrogens is 2. The SMILES string of the molecule is CCCNc1nc(C(C)(C)C)nc(NCC(C)O)c1C. The van der Waals surface area contributed by atoms with E-state index in [1.807, 2.05) is 6.92 Å². The number of anilines is 2. The second-order valence-electron chi connectivity index (χ2n) is 6.28. The van der Waals surface area contributed by atoms with Gasteiger partial charge in [0.05, 0.1) is 6.10 Å². The van der Waals surface area contributed by atoms with Crippen molar-refractivity contribution in [1.82, 2.24) is 9.97 Å². The molecule has 0 saturated heterocycles. The number of rotatable bonds is 6. The van der Waals surface area contributed by atoms with Crippen molar-refractivity contribution in [3.05, 3.63) is 11.4 Å². The monoisotopic (exact) mass is 280 g/mol. The minimum absolute atomic E-state index is 0.113. The quantitative estimate of drug-likeness (QED) is 0.747. The van der Waals surface area contributed by atoms with Crippen LogP contribution in [0.2, 0.25) is 0 Å². The van der Waals surface area contributed by atoms with E-state index in [-0.39, 0.29) is 5.41 Å². The number of hydrogen-bond acceptors (Lipinski definition) is 5. The van der Waals surface area contributed by atoms with Crippen molar-refractivity contribution in [1.29, 1.82) is 0 Å². The van der Waals surface area contributed by atoms with Crippen molar-refractivity contribution < 1.29 is 5.11 Å². The summed E-state index contributed by atoms with van der Waals surface area (Å²) in [6.45, 7) is 13.5. The average molecular weight is 280 g/mol. The molecular formula is C15H28N4O. The van der Waals surface area contributed by atoms with Crippen molar-refractivity contribution in [2.24, 2.45) is 0 Å². The summed E-state index contributed by atoms with van der Waals surface area (Å²) in [5.74, 6) is 2.47. The standard InChI is InChI=1S/C15H28N4O/c1-7-8-16-12-11(3)13(17-9-10(2)20)19-14(18-12)15(4,5)6/h10,20H,7-9H2,1-6H3,(H2,16,17,18,19). The Morgan fingerprint density at radius 2 is 1.70 bits per heavy atom. The third-order valence-corrected chi connectivity index (χ3v) is 2.92. The summed E-state index contributed by atoms with van der Waals surface area (Å²) in [6, 6.07) is 0. The van der Waals surface area contributed by atoms with E-state index in [1.54, 1.807) is 6.92 Å². The Hall–Kier alpha value is -1.36. The maximum absolute atomic E-state index is 9.42. The van der Waals surface area contributed by atoms with Gasteiger partial charge in [0, 0.05) is 24.1 Å². The lowest BCUT2D eigenvalue weighted by Crippen LogP contribution is -2.22. The summed E-state index contributed by atoms with van der Waals surface area (Å²) in [5, 5.41) is 16.0. The molecule has 0 aliphatic heterocycles. The van der Waals surface area contributed by atoms with Gasteiger partial charge in [0.2, 0.25) is 0 Å². The first-order chi connectivity index (χ1) is 9.25. The molecule has 3 N–H and O–H groups in total. The van der Waals surface area contributed by atoms with Crippen molar-refractivity contribution in [3.63, 3.8) is 0 Å². The van der Waals surface area contributed by atoms with E-state index in [2.05, 4.69) is 48.3 Å². The summed E-state index contributed by atoms with van der Waals surface area (Å²) >= 11 is 0. The van der Waals surface area contributed by atoms with Gasteiger partial charge in [0.15, 0.2) is 0 Å². The van der Waals surface area contributed by atoms with Crippen LogP contribution < -0.4 is 10.6 Å². The van der Waals surface area contributed by atoms with Gasteiger partial charge in [-0.15, -0.1) is 0 Å². The molecule has 0 spiro atoms. The normalized spacial score (nSPS) is 13.2. The molecule has 1 rings (SSSR count). The first-order valence-electron chi connectivity index (χ1n) is 7.30. The highest BCUT2D eigenvalue weighted by Gasteiger charge is 2.21.